The number of aliphatic hydroxyl groups is 1. The summed E-state index contributed by atoms with van der Waals surface area (Å²) in [6.07, 6.45) is 3.10. The number of likely N-dealkylation sites (tertiary alicyclic amines) is 1. The quantitative estimate of drug-likeness (QED) is 0.0435. The van der Waals surface area contributed by atoms with Gasteiger partial charge in [0.25, 0.3) is 0 Å². The molecule has 1 fully saturated rings. The number of anilines is 1. The number of aryl methyl sites for hydroxylation is 2. The highest BCUT2D eigenvalue weighted by Crippen LogP contribution is 2.37. The number of hydrogen-bond acceptors (Lipinski definition) is 13. The van der Waals surface area contributed by atoms with Crippen molar-refractivity contribution < 1.29 is 29.0 Å². The maximum atomic E-state index is 14.1. The molecule has 0 aliphatic carbocycles. The minimum atomic E-state index is -0.855. The van der Waals surface area contributed by atoms with Crippen LogP contribution in [-0.2, 0) is 27.5 Å². The number of carbonyl (C=O) groups is 3. The van der Waals surface area contributed by atoms with Crippen molar-refractivity contribution in [1.82, 2.24) is 35.8 Å². The van der Waals surface area contributed by atoms with E-state index < -0.39 is 23.6 Å². The molecule has 1 saturated heterocycles. The number of carbonyl (C=O) groups excluding carboxylic acids is 3. The number of nitrogens with zero attached hydrogens (tertiary/aromatic N) is 4. The molecule has 0 unspecified atom stereocenters. The van der Waals surface area contributed by atoms with E-state index >= 15 is 0 Å². The molecular formula is C53H66N8O6S2. The Morgan fingerprint density at radius 3 is 2.36 bits per heavy atom. The van der Waals surface area contributed by atoms with Crippen molar-refractivity contribution in [3.63, 3.8) is 0 Å². The third-order valence-corrected chi connectivity index (χ3v) is 14.7. The highest BCUT2D eigenvalue weighted by atomic mass is 32.1. The zero-order chi connectivity index (χ0) is 49.2. The second-order valence-corrected chi connectivity index (χ2v) is 20.7. The van der Waals surface area contributed by atoms with E-state index in [-0.39, 0.29) is 43.3 Å². The topological polar surface area (TPSA) is 180 Å². The number of benzene rings is 3. The number of unbranched alkanes of at least 4 members (excludes halogenated alkanes) is 3. The summed E-state index contributed by atoms with van der Waals surface area (Å²) in [4.78, 5) is 58.3. The van der Waals surface area contributed by atoms with E-state index in [0.29, 0.717) is 30.2 Å². The number of rotatable bonds is 21. The number of thiazole rings is 1. The molecule has 3 aromatic carbocycles. The van der Waals surface area contributed by atoms with Crippen molar-refractivity contribution >= 4 is 57.1 Å². The van der Waals surface area contributed by atoms with Crippen LogP contribution in [0.2, 0.25) is 0 Å². The Kier molecular flexibility index (Phi) is 17.1. The largest absolute Gasteiger partial charge is 0.493 e. The minimum absolute atomic E-state index is 0.00796. The van der Waals surface area contributed by atoms with E-state index in [1.54, 1.807) is 36.9 Å². The smallest absolute Gasteiger partial charge is 0.246 e. The summed E-state index contributed by atoms with van der Waals surface area (Å²) in [6, 6.07) is 20.8. The molecule has 6 aromatic rings. The zero-order valence-electron chi connectivity index (χ0n) is 41.0. The van der Waals surface area contributed by atoms with Gasteiger partial charge in [-0.05, 0) is 90.9 Å². The fourth-order valence-corrected chi connectivity index (χ4v) is 10.5. The van der Waals surface area contributed by atoms with E-state index in [1.807, 2.05) is 76.5 Å². The fraction of sp³-hybridized carbons (Fsp3) is 0.434. The fourth-order valence-electron chi connectivity index (χ4n) is 8.76. The highest BCUT2D eigenvalue weighted by molar-refractivity contribution is 7.13. The molecule has 1 aliphatic rings. The van der Waals surface area contributed by atoms with Crippen LogP contribution in [0.5, 0.6) is 11.5 Å². The number of β-amino-alcohol motifs (C(OH)–C–C–N with tert-alkyl or cyclic N) is 1. The Labute approximate surface area is 413 Å². The number of nitrogens with one attached hydrogen (secondary N) is 4. The van der Waals surface area contributed by atoms with Crippen molar-refractivity contribution in [1.29, 1.82) is 0 Å². The molecule has 3 aromatic heterocycles. The van der Waals surface area contributed by atoms with Crippen molar-refractivity contribution in [3.8, 4) is 33.1 Å². The molecule has 1 aliphatic heterocycles. The average molecular weight is 975 g/mol. The van der Waals surface area contributed by atoms with E-state index in [0.717, 1.165) is 70.8 Å². The first-order valence-electron chi connectivity index (χ1n) is 23.7. The van der Waals surface area contributed by atoms with Gasteiger partial charge in [-0.15, -0.1) is 22.7 Å². The number of thiophene rings is 1. The lowest BCUT2D eigenvalue weighted by atomic mass is 9.85. The first-order valence-corrected chi connectivity index (χ1v) is 25.5. The second kappa shape index (κ2) is 23.1. The monoisotopic (exact) mass is 974 g/mol. The maximum absolute atomic E-state index is 14.1. The molecule has 16 heteroatoms. The summed E-state index contributed by atoms with van der Waals surface area (Å²) in [5.74, 6) is 1.76. The molecule has 0 bridgehead atoms. The number of fused-ring (bicyclic) bond motifs is 1. The molecule has 69 heavy (non-hydrogen) atoms. The predicted molar refractivity (Wildman–Crippen MR) is 276 cm³/mol. The molecule has 14 nitrogen and oxygen atoms in total. The van der Waals surface area contributed by atoms with Crippen LogP contribution in [-0.4, -0.2) is 88.2 Å². The number of aliphatic hydroxyl groups excluding tert-OH is 1. The first kappa shape index (κ1) is 50.9. The third kappa shape index (κ3) is 12.8. The van der Waals surface area contributed by atoms with Crippen LogP contribution in [0.4, 0.5) is 5.82 Å². The highest BCUT2D eigenvalue weighted by Gasteiger charge is 2.44. The second-order valence-electron chi connectivity index (χ2n) is 18.9. The van der Waals surface area contributed by atoms with Gasteiger partial charge in [0.05, 0.1) is 48.0 Å². The lowest BCUT2D eigenvalue weighted by molar-refractivity contribution is -0.144. The summed E-state index contributed by atoms with van der Waals surface area (Å²) in [5.41, 5.74) is 8.53. The molecule has 4 atom stereocenters. The van der Waals surface area contributed by atoms with Crippen LogP contribution in [0.3, 0.4) is 0 Å². The number of methoxy groups -OCH3 is 2. The molecule has 366 valence electrons. The van der Waals surface area contributed by atoms with Crippen LogP contribution >= 0.6 is 22.7 Å². The van der Waals surface area contributed by atoms with Crippen molar-refractivity contribution in [2.75, 3.05) is 32.6 Å². The normalized spacial score (nSPS) is 15.8. The standard InChI is InChI=1S/C53H66N8O6S2/c1-32(57-50-41-25-44(66-7)45(67-8)26-42(41)58-34(3)59-50)46-23-38(30-68-46)40-16-13-12-15-37(40)28-54-22-14-10-9-11-17-47(63)60-49(53(4,5)6)52(65)61-29-39(62)24-43(61)51(64)55-27-35-18-20-36(21-19-35)48-33(2)56-31-69-48/h12-13,15-16,18-21,23,25-26,30-32,39,43,49,54,62H,9-11,14,17,22,24,27-29H2,1-8H3,(H,55,64)(H,60,63)(H,57,58,59)/t32-,39-,43+,49-/m1/s1. The Bertz CT molecular complexity index is 2710. The van der Waals surface area contributed by atoms with Crippen LogP contribution in [0, 0.1) is 19.3 Å². The van der Waals surface area contributed by atoms with Gasteiger partial charge < -0.3 is 40.7 Å². The summed E-state index contributed by atoms with van der Waals surface area (Å²) in [5, 5.41) is 26.9. The molecule has 0 radical (unpaired) electrons. The SMILES string of the molecule is COc1cc2nc(C)nc(N[C@H](C)c3cc(-c4ccccc4CNCCCCCCC(=O)N[C@H](C(=O)N4C[C@H](O)C[C@H]4C(=O)NCc4ccc(-c5scnc5C)cc4)C(C)(C)C)cs3)c2cc1OC. The van der Waals surface area contributed by atoms with Crippen molar-refractivity contribution in [2.24, 2.45) is 5.41 Å². The van der Waals surface area contributed by atoms with Crippen LogP contribution in [0.15, 0.2) is 77.6 Å². The van der Waals surface area contributed by atoms with Gasteiger partial charge in [-0.2, -0.15) is 0 Å². The van der Waals surface area contributed by atoms with Gasteiger partial charge in [0.2, 0.25) is 17.7 Å². The summed E-state index contributed by atoms with van der Waals surface area (Å²) < 4.78 is 11.1. The Balaban J connectivity index is 0.841. The molecule has 7 rings (SSSR count). The van der Waals surface area contributed by atoms with Gasteiger partial charge >= 0.3 is 0 Å². The molecule has 4 heterocycles. The van der Waals surface area contributed by atoms with E-state index in [2.05, 4.69) is 73.9 Å². The number of hydrogen-bond donors (Lipinski definition) is 5. The van der Waals surface area contributed by atoms with Crippen LogP contribution in [0.1, 0.15) is 99.8 Å². The molecule has 5 N–H and O–H groups in total. The minimum Gasteiger partial charge on any atom is -0.493 e. The Hall–Kier alpha value is -5.94. The third-order valence-electron chi connectivity index (χ3n) is 12.6. The average Bonchev–Trinajstić information content (AvgIpc) is 4.10. The van der Waals surface area contributed by atoms with Gasteiger partial charge in [-0.3, -0.25) is 14.4 Å². The van der Waals surface area contributed by atoms with E-state index in [4.69, 9.17) is 14.5 Å². The Morgan fingerprint density at radius 2 is 1.64 bits per heavy atom. The van der Waals surface area contributed by atoms with Gasteiger partial charge in [0, 0.05) is 48.8 Å². The van der Waals surface area contributed by atoms with Gasteiger partial charge in [-0.1, -0.05) is 82.1 Å². The lowest BCUT2D eigenvalue weighted by Crippen LogP contribution is -2.57. The number of ether oxygens (including phenoxy) is 2. The Morgan fingerprint density at radius 1 is 0.899 bits per heavy atom. The number of amides is 3. The maximum Gasteiger partial charge on any atom is 0.246 e. The van der Waals surface area contributed by atoms with Crippen molar-refractivity contribution in [3.05, 3.63) is 105 Å². The first-order chi connectivity index (χ1) is 33.1. The van der Waals surface area contributed by atoms with Crippen LogP contribution in [0.25, 0.3) is 32.5 Å². The lowest BCUT2D eigenvalue weighted by Gasteiger charge is -2.35. The predicted octanol–water partition coefficient (Wildman–Crippen LogP) is 9.14. The molecule has 0 saturated carbocycles. The van der Waals surface area contributed by atoms with E-state index in [1.165, 1.54) is 26.5 Å². The van der Waals surface area contributed by atoms with Crippen LogP contribution < -0.4 is 30.7 Å². The summed E-state index contributed by atoms with van der Waals surface area (Å²) in [6.45, 7) is 13.6. The molecule has 0 spiro atoms. The summed E-state index contributed by atoms with van der Waals surface area (Å²) >= 11 is 3.30. The molecular weight excluding hydrogens is 909 g/mol. The zero-order valence-corrected chi connectivity index (χ0v) is 42.6. The van der Waals surface area contributed by atoms with Gasteiger partial charge in [0.1, 0.15) is 23.7 Å². The van der Waals surface area contributed by atoms with Gasteiger partial charge in [-0.25, -0.2) is 15.0 Å². The summed E-state index contributed by atoms with van der Waals surface area (Å²) in [7, 11) is 3.24. The van der Waals surface area contributed by atoms with Crippen molar-refractivity contribution in [2.45, 2.75) is 117 Å². The molecule has 3 amide bonds. The van der Waals surface area contributed by atoms with Gasteiger partial charge in [0.15, 0.2) is 11.5 Å². The van der Waals surface area contributed by atoms with E-state index in [9.17, 15) is 19.5 Å². The number of aromatic nitrogens is 3.